The zero-order valence-electron chi connectivity index (χ0n) is 13.1. The van der Waals surface area contributed by atoms with E-state index in [2.05, 4.69) is 4.98 Å². The van der Waals surface area contributed by atoms with Crippen molar-refractivity contribution in [3.8, 4) is 0 Å². The lowest BCUT2D eigenvalue weighted by atomic mass is 10.2. The summed E-state index contributed by atoms with van der Waals surface area (Å²) in [5, 5.41) is 19.1. The molecule has 0 radical (unpaired) electrons. The second-order valence-corrected chi connectivity index (χ2v) is 6.16. The Kier molecular flexibility index (Phi) is 4.13. The first-order valence-electron chi connectivity index (χ1n) is 8.10. The highest BCUT2D eigenvalue weighted by atomic mass is 19.1. The number of benzene rings is 1. The Morgan fingerprint density at radius 3 is 2.79 bits per heavy atom. The molecule has 2 aliphatic rings. The van der Waals surface area contributed by atoms with E-state index in [1.54, 1.807) is 17.0 Å². The molecular formula is C16H20FN3O4. The van der Waals surface area contributed by atoms with Crippen LogP contribution in [0.3, 0.4) is 0 Å². The van der Waals surface area contributed by atoms with E-state index in [0.29, 0.717) is 49.4 Å². The fourth-order valence-corrected chi connectivity index (χ4v) is 3.36. The Morgan fingerprint density at radius 2 is 2.08 bits per heavy atom. The molecule has 1 aromatic heterocycles. The van der Waals surface area contributed by atoms with Crippen molar-refractivity contribution in [1.82, 2.24) is 9.55 Å². The third kappa shape index (κ3) is 2.65. The molecule has 130 valence electrons. The summed E-state index contributed by atoms with van der Waals surface area (Å²) >= 11 is 0. The number of aromatic nitrogens is 2. The molecule has 1 aromatic carbocycles. The molecule has 2 saturated heterocycles. The minimum absolute atomic E-state index is 0.250. The number of rotatable bonds is 3. The van der Waals surface area contributed by atoms with E-state index in [1.165, 1.54) is 6.07 Å². The summed E-state index contributed by atoms with van der Waals surface area (Å²) in [6.45, 7) is 2.23. The number of aliphatic hydroxyl groups excluding tert-OH is 2. The molecule has 0 saturated carbocycles. The van der Waals surface area contributed by atoms with Crippen LogP contribution in [0.5, 0.6) is 0 Å². The SMILES string of the molecule is OC[C@H]1O[C@@H](n2cnc3cc(N4CCOCC4)c(F)cc32)C[C@@H]1O. The molecule has 7 nitrogen and oxygen atoms in total. The number of ether oxygens (including phenoxy) is 2. The largest absolute Gasteiger partial charge is 0.394 e. The lowest BCUT2D eigenvalue weighted by Crippen LogP contribution is -2.36. The van der Waals surface area contributed by atoms with Crippen molar-refractivity contribution in [2.45, 2.75) is 24.9 Å². The Hall–Kier alpha value is -1.74. The van der Waals surface area contributed by atoms with Gasteiger partial charge in [-0.05, 0) is 6.07 Å². The average Bonchev–Trinajstić information content (AvgIpc) is 3.17. The van der Waals surface area contributed by atoms with Crippen LogP contribution in [-0.4, -0.2) is 64.9 Å². The van der Waals surface area contributed by atoms with Crippen LogP contribution in [-0.2, 0) is 9.47 Å². The summed E-state index contributed by atoms with van der Waals surface area (Å²) < 4.78 is 27.3. The van der Waals surface area contributed by atoms with Gasteiger partial charge in [0.2, 0.25) is 0 Å². The number of imidazole rings is 1. The van der Waals surface area contributed by atoms with Gasteiger partial charge in [0.1, 0.15) is 18.1 Å². The van der Waals surface area contributed by atoms with Crippen LogP contribution in [0.1, 0.15) is 12.6 Å². The van der Waals surface area contributed by atoms with Crippen LogP contribution in [0.25, 0.3) is 11.0 Å². The number of fused-ring (bicyclic) bond motifs is 1. The summed E-state index contributed by atoms with van der Waals surface area (Å²) in [5.74, 6) is -0.316. The fourth-order valence-electron chi connectivity index (χ4n) is 3.36. The zero-order valence-corrected chi connectivity index (χ0v) is 13.1. The van der Waals surface area contributed by atoms with Crippen LogP contribution >= 0.6 is 0 Å². The van der Waals surface area contributed by atoms with Gasteiger partial charge in [0.25, 0.3) is 0 Å². The quantitative estimate of drug-likeness (QED) is 0.856. The summed E-state index contributed by atoms with van der Waals surface area (Å²) in [6.07, 6.45) is 0.101. The normalized spacial score (nSPS) is 28.0. The van der Waals surface area contributed by atoms with Crippen molar-refractivity contribution >= 4 is 16.7 Å². The van der Waals surface area contributed by atoms with Crippen LogP contribution in [0.2, 0.25) is 0 Å². The van der Waals surface area contributed by atoms with Gasteiger partial charge < -0.3 is 29.2 Å². The third-order valence-electron chi connectivity index (χ3n) is 4.69. The van der Waals surface area contributed by atoms with Gasteiger partial charge >= 0.3 is 0 Å². The Bertz CT molecular complexity index is 731. The second kappa shape index (κ2) is 6.29. The molecule has 0 spiro atoms. The van der Waals surface area contributed by atoms with E-state index in [-0.39, 0.29) is 12.4 Å². The summed E-state index contributed by atoms with van der Waals surface area (Å²) in [7, 11) is 0. The van der Waals surface area contributed by atoms with Gasteiger partial charge in [0, 0.05) is 25.6 Å². The highest BCUT2D eigenvalue weighted by molar-refractivity contribution is 5.80. The van der Waals surface area contributed by atoms with E-state index in [9.17, 15) is 14.6 Å². The third-order valence-corrected chi connectivity index (χ3v) is 4.69. The minimum atomic E-state index is -0.741. The molecular weight excluding hydrogens is 317 g/mol. The lowest BCUT2D eigenvalue weighted by molar-refractivity contribution is -0.0430. The van der Waals surface area contributed by atoms with Crippen molar-refractivity contribution in [2.75, 3.05) is 37.8 Å². The predicted octanol–water partition coefficient (Wildman–Crippen LogP) is 0.653. The monoisotopic (exact) mass is 337 g/mol. The first kappa shape index (κ1) is 15.8. The molecule has 0 aliphatic carbocycles. The van der Waals surface area contributed by atoms with Crippen molar-refractivity contribution in [1.29, 1.82) is 0 Å². The second-order valence-electron chi connectivity index (χ2n) is 6.16. The minimum Gasteiger partial charge on any atom is -0.394 e. The molecule has 8 heteroatoms. The highest BCUT2D eigenvalue weighted by Gasteiger charge is 2.35. The fraction of sp³-hybridized carbons (Fsp3) is 0.562. The Morgan fingerprint density at radius 1 is 1.29 bits per heavy atom. The van der Waals surface area contributed by atoms with E-state index in [4.69, 9.17) is 9.47 Å². The molecule has 2 N–H and O–H groups in total. The highest BCUT2D eigenvalue weighted by Crippen LogP contribution is 2.33. The van der Waals surface area contributed by atoms with Crippen molar-refractivity contribution in [2.24, 2.45) is 0 Å². The van der Waals surface area contributed by atoms with Gasteiger partial charge in [-0.15, -0.1) is 0 Å². The van der Waals surface area contributed by atoms with Gasteiger partial charge in [-0.25, -0.2) is 9.37 Å². The molecule has 0 amide bonds. The van der Waals surface area contributed by atoms with Gasteiger partial charge in [-0.1, -0.05) is 0 Å². The molecule has 3 atom stereocenters. The molecule has 2 aromatic rings. The van der Waals surface area contributed by atoms with Crippen molar-refractivity contribution in [3.05, 3.63) is 24.3 Å². The lowest BCUT2D eigenvalue weighted by Gasteiger charge is -2.29. The Balaban J connectivity index is 1.66. The van der Waals surface area contributed by atoms with Crippen molar-refractivity contribution < 1.29 is 24.1 Å². The van der Waals surface area contributed by atoms with Gasteiger partial charge in [0.15, 0.2) is 0 Å². The molecule has 0 unspecified atom stereocenters. The van der Waals surface area contributed by atoms with E-state index in [0.717, 1.165) is 0 Å². The summed E-state index contributed by atoms with van der Waals surface area (Å²) in [4.78, 5) is 6.30. The van der Waals surface area contributed by atoms with E-state index >= 15 is 0 Å². The number of anilines is 1. The standard InChI is InChI=1S/C16H20FN3O4/c17-10-5-13-11(6-12(10)19-1-3-23-4-2-19)18-9-20(13)16-7-14(22)15(8-21)24-16/h5-6,9,14-16,21-22H,1-4,7-8H2/t14-,15+,16+/m0/s1. The van der Waals surface area contributed by atoms with E-state index in [1.807, 2.05) is 4.90 Å². The molecule has 2 fully saturated rings. The number of morpholine rings is 1. The summed E-state index contributed by atoms with van der Waals surface area (Å²) in [5.41, 5.74) is 1.81. The molecule has 0 bridgehead atoms. The predicted molar refractivity (Wildman–Crippen MR) is 84.3 cm³/mol. The number of nitrogens with zero attached hydrogens (tertiary/aromatic N) is 3. The van der Waals surface area contributed by atoms with E-state index < -0.39 is 18.4 Å². The number of halogens is 1. The number of aliphatic hydroxyl groups is 2. The van der Waals surface area contributed by atoms with Crippen molar-refractivity contribution in [3.63, 3.8) is 0 Å². The maximum Gasteiger partial charge on any atom is 0.148 e. The summed E-state index contributed by atoms with van der Waals surface area (Å²) in [6, 6.07) is 3.19. The van der Waals surface area contributed by atoms with Crippen LogP contribution in [0.15, 0.2) is 18.5 Å². The molecule has 4 rings (SSSR count). The van der Waals surface area contributed by atoms with Gasteiger partial charge in [-0.3, -0.25) is 0 Å². The van der Waals surface area contributed by atoms with Gasteiger partial charge in [-0.2, -0.15) is 0 Å². The van der Waals surface area contributed by atoms with Crippen LogP contribution < -0.4 is 4.90 Å². The molecule has 2 aliphatic heterocycles. The number of hydrogen-bond acceptors (Lipinski definition) is 6. The van der Waals surface area contributed by atoms with Crippen LogP contribution in [0, 0.1) is 5.82 Å². The zero-order chi connectivity index (χ0) is 16.7. The molecule has 3 heterocycles. The Labute approximate surface area is 138 Å². The topological polar surface area (TPSA) is 80.0 Å². The first-order chi connectivity index (χ1) is 11.7. The molecule has 24 heavy (non-hydrogen) atoms. The smallest absolute Gasteiger partial charge is 0.148 e. The average molecular weight is 337 g/mol. The number of hydrogen-bond donors (Lipinski definition) is 2. The van der Waals surface area contributed by atoms with Crippen LogP contribution in [0.4, 0.5) is 10.1 Å². The first-order valence-corrected chi connectivity index (χ1v) is 8.10. The van der Waals surface area contributed by atoms with Gasteiger partial charge in [0.05, 0.1) is 49.0 Å². The maximum atomic E-state index is 14.6. The maximum absolute atomic E-state index is 14.6.